The summed E-state index contributed by atoms with van der Waals surface area (Å²) in [6, 6.07) is 8.16. The number of hydrogen-bond acceptors (Lipinski definition) is 2. The molecule has 1 aromatic rings. The SMILES string of the molecule is CCOc1ccc(CN(CCCl)CCCl)cc1. The molecule has 1 aromatic carbocycles. The Hall–Kier alpha value is -0.440. The van der Waals surface area contributed by atoms with Crippen LogP contribution >= 0.6 is 23.2 Å². The van der Waals surface area contributed by atoms with Gasteiger partial charge in [-0.15, -0.1) is 23.2 Å². The van der Waals surface area contributed by atoms with Crippen molar-refractivity contribution in [2.75, 3.05) is 31.5 Å². The number of ether oxygens (including phenoxy) is 1. The van der Waals surface area contributed by atoms with E-state index in [-0.39, 0.29) is 0 Å². The second-order valence-corrected chi connectivity index (χ2v) is 4.49. The lowest BCUT2D eigenvalue weighted by Gasteiger charge is -2.20. The van der Waals surface area contributed by atoms with Crippen LogP contribution in [0.15, 0.2) is 24.3 Å². The van der Waals surface area contributed by atoms with Crippen LogP contribution in [0, 0.1) is 0 Å². The first-order valence-corrected chi connectivity index (χ1v) is 6.93. The molecule has 96 valence electrons. The second-order valence-electron chi connectivity index (χ2n) is 3.73. The molecule has 0 saturated heterocycles. The summed E-state index contributed by atoms with van der Waals surface area (Å²) >= 11 is 11.5. The summed E-state index contributed by atoms with van der Waals surface area (Å²) in [5.74, 6) is 2.18. The van der Waals surface area contributed by atoms with Crippen LogP contribution < -0.4 is 4.74 Å². The van der Waals surface area contributed by atoms with Crippen molar-refractivity contribution in [3.63, 3.8) is 0 Å². The number of hydrogen-bond donors (Lipinski definition) is 0. The molecule has 0 spiro atoms. The van der Waals surface area contributed by atoms with Crippen LogP contribution in [0.4, 0.5) is 0 Å². The molecule has 0 aromatic heterocycles. The van der Waals surface area contributed by atoms with E-state index in [0.29, 0.717) is 18.4 Å². The van der Waals surface area contributed by atoms with Gasteiger partial charge in [0.1, 0.15) is 5.75 Å². The monoisotopic (exact) mass is 275 g/mol. The van der Waals surface area contributed by atoms with Gasteiger partial charge in [0.25, 0.3) is 0 Å². The van der Waals surface area contributed by atoms with Gasteiger partial charge in [-0.3, -0.25) is 4.90 Å². The molecule has 0 radical (unpaired) electrons. The first-order chi connectivity index (χ1) is 8.30. The molecule has 0 amide bonds. The zero-order valence-corrected chi connectivity index (χ0v) is 11.7. The maximum absolute atomic E-state index is 5.76. The van der Waals surface area contributed by atoms with Crippen LogP contribution in [-0.4, -0.2) is 36.4 Å². The number of nitrogens with zero attached hydrogens (tertiary/aromatic N) is 1. The van der Waals surface area contributed by atoms with Crippen molar-refractivity contribution in [3.8, 4) is 5.75 Å². The average Bonchev–Trinajstić information content (AvgIpc) is 2.33. The first-order valence-electron chi connectivity index (χ1n) is 5.86. The van der Waals surface area contributed by atoms with E-state index < -0.39 is 0 Å². The molecule has 0 fully saturated rings. The molecule has 4 heteroatoms. The van der Waals surface area contributed by atoms with E-state index in [9.17, 15) is 0 Å². The van der Waals surface area contributed by atoms with Crippen molar-refractivity contribution in [1.29, 1.82) is 0 Å². The molecular formula is C13H19Cl2NO. The van der Waals surface area contributed by atoms with Crippen LogP contribution in [0.5, 0.6) is 5.75 Å². The van der Waals surface area contributed by atoms with Crippen LogP contribution in [-0.2, 0) is 6.54 Å². The molecular weight excluding hydrogens is 257 g/mol. The van der Waals surface area contributed by atoms with Crippen molar-refractivity contribution in [1.82, 2.24) is 4.90 Å². The average molecular weight is 276 g/mol. The lowest BCUT2D eigenvalue weighted by molar-refractivity contribution is 0.299. The predicted molar refractivity (Wildman–Crippen MR) is 74.3 cm³/mol. The van der Waals surface area contributed by atoms with E-state index in [1.807, 2.05) is 19.1 Å². The quantitative estimate of drug-likeness (QED) is 0.675. The molecule has 0 heterocycles. The number of halogens is 2. The molecule has 0 N–H and O–H groups in total. The molecule has 0 atom stereocenters. The lowest BCUT2D eigenvalue weighted by atomic mass is 10.2. The molecule has 17 heavy (non-hydrogen) atoms. The summed E-state index contributed by atoms with van der Waals surface area (Å²) in [5, 5.41) is 0. The van der Waals surface area contributed by atoms with Crippen molar-refractivity contribution >= 4 is 23.2 Å². The van der Waals surface area contributed by atoms with Gasteiger partial charge in [-0.2, -0.15) is 0 Å². The fourth-order valence-corrected chi connectivity index (χ4v) is 2.10. The number of benzene rings is 1. The van der Waals surface area contributed by atoms with Crippen LogP contribution in [0.1, 0.15) is 12.5 Å². The molecule has 0 bridgehead atoms. The van der Waals surface area contributed by atoms with Gasteiger partial charge in [0.2, 0.25) is 0 Å². The third kappa shape index (κ3) is 5.62. The Kier molecular flexibility index (Phi) is 7.41. The van der Waals surface area contributed by atoms with Gasteiger partial charge in [0.15, 0.2) is 0 Å². The third-order valence-electron chi connectivity index (χ3n) is 2.44. The fraction of sp³-hybridized carbons (Fsp3) is 0.538. The summed E-state index contributed by atoms with van der Waals surface area (Å²) < 4.78 is 5.40. The van der Waals surface area contributed by atoms with Crippen molar-refractivity contribution in [3.05, 3.63) is 29.8 Å². The summed E-state index contributed by atoms with van der Waals surface area (Å²) in [7, 11) is 0. The summed E-state index contributed by atoms with van der Waals surface area (Å²) in [6.45, 7) is 5.29. The van der Waals surface area contributed by atoms with E-state index in [2.05, 4.69) is 17.0 Å². The second kappa shape index (κ2) is 8.62. The van der Waals surface area contributed by atoms with E-state index in [0.717, 1.165) is 25.4 Å². The normalized spacial score (nSPS) is 10.8. The highest BCUT2D eigenvalue weighted by atomic mass is 35.5. The minimum atomic E-state index is 0.633. The van der Waals surface area contributed by atoms with E-state index in [1.165, 1.54) is 5.56 Å². The Morgan fingerprint density at radius 3 is 2.12 bits per heavy atom. The fourth-order valence-electron chi connectivity index (χ4n) is 1.62. The van der Waals surface area contributed by atoms with E-state index in [1.54, 1.807) is 0 Å². The number of rotatable bonds is 8. The molecule has 0 saturated carbocycles. The molecule has 0 unspecified atom stereocenters. The first kappa shape index (κ1) is 14.6. The van der Waals surface area contributed by atoms with Crippen molar-refractivity contribution < 1.29 is 4.74 Å². The van der Waals surface area contributed by atoms with E-state index >= 15 is 0 Å². The van der Waals surface area contributed by atoms with Gasteiger partial charge >= 0.3 is 0 Å². The van der Waals surface area contributed by atoms with Gasteiger partial charge in [-0.25, -0.2) is 0 Å². The Morgan fingerprint density at radius 2 is 1.65 bits per heavy atom. The maximum atomic E-state index is 5.76. The summed E-state index contributed by atoms with van der Waals surface area (Å²) in [5.41, 5.74) is 1.25. The van der Waals surface area contributed by atoms with Crippen LogP contribution in [0.25, 0.3) is 0 Å². The van der Waals surface area contributed by atoms with Gasteiger partial charge in [0.05, 0.1) is 6.61 Å². The summed E-state index contributed by atoms with van der Waals surface area (Å²) in [6.07, 6.45) is 0. The molecule has 0 aliphatic carbocycles. The van der Waals surface area contributed by atoms with Crippen LogP contribution in [0.3, 0.4) is 0 Å². The highest BCUT2D eigenvalue weighted by Gasteiger charge is 2.04. The summed E-state index contributed by atoms with van der Waals surface area (Å²) in [4.78, 5) is 2.25. The largest absolute Gasteiger partial charge is 0.494 e. The Morgan fingerprint density at radius 1 is 1.06 bits per heavy atom. The van der Waals surface area contributed by atoms with E-state index in [4.69, 9.17) is 27.9 Å². The van der Waals surface area contributed by atoms with Gasteiger partial charge in [0, 0.05) is 31.4 Å². The van der Waals surface area contributed by atoms with Gasteiger partial charge < -0.3 is 4.74 Å². The predicted octanol–water partition coefficient (Wildman–Crippen LogP) is 3.36. The van der Waals surface area contributed by atoms with Crippen molar-refractivity contribution in [2.24, 2.45) is 0 Å². The zero-order chi connectivity index (χ0) is 12.5. The van der Waals surface area contributed by atoms with Crippen molar-refractivity contribution in [2.45, 2.75) is 13.5 Å². The highest BCUT2D eigenvalue weighted by molar-refractivity contribution is 6.18. The van der Waals surface area contributed by atoms with Gasteiger partial charge in [-0.05, 0) is 24.6 Å². The Labute approximate surface area is 113 Å². The topological polar surface area (TPSA) is 12.5 Å². The molecule has 0 aliphatic heterocycles. The Balaban J connectivity index is 2.53. The molecule has 1 rings (SSSR count). The number of alkyl halides is 2. The Bertz CT molecular complexity index is 297. The van der Waals surface area contributed by atoms with Gasteiger partial charge in [-0.1, -0.05) is 12.1 Å². The smallest absolute Gasteiger partial charge is 0.119 e. The highest BCUT2D eigenvalue weighted by Crippen LogP contribution is 2.13. The minimum Gasteiger partial charge on any atom is -0.494 e. The third-order valence-corrected chi connectivity index (χ3v) is 2.78. The standard InChI is InChI=1S/C13H19Cl2NO/c1-2-17-13-5-3-12(4-6-13)11-16(9-7-14)10-8-15/h3-6H,2,7-11H2,1H3. The lowest BCUT2D eigenvalue weighted by Crippen LogP contribution is -2.27. The maximum Gasteiger partial charge on any atom is 0.119 e. The molecule has 2 nitrogen and oxygen atoms in total. The zero-order valence-electron chi connectivity index (χ0n) is 10.2. The van der Waals surface area contributed by atoms with Crippen LogP contribution in [0.2, 0.25) is 0 Å². The minimum absolute atomic E-state index is 0.633. The molecule has 0 aliphatic rings.